The molecule has 0 aliphatic carbocycles. The molecule has 0 radical (unpaired) electrons. The van der Waals surface area contributed by atoms with E-state index in [9.17, 15) is 10.2 Å². The van der Waals surface area contributed by atoms with Gasteiger partial charge in [0.1, 0.15) is 0 Å². The van der Waals surface area contributed by atoms with Crippen LogP contribution < -0.4 is 10.2 Å². The molecule has 260 valence electrons. The van der Waals surface area contributed by atoms with Crippen molar-refractivity contribution in [2.45, 2.75) is 145 Å². The molecule has 0 saturated heterocycles. The number of benzene rings is 3. The molecule has 47 heavy (non-hydrogen) atoms. The number of hydrogen-bond acceptors (Lipinski definition) is 4. The molecule has 0 aliphatic rings. The van der Waals surface area contributed by atoms with Crippen molar-refractivity contribution in [3.8, 4) is 11.5 Å². The Kier molecular flexibility index (Phi) is 21.7. The molecule has 4 nitrogen and oxygen atoms in total. The first-order valence-electron chi connectivity index (χ1n) is 18.2. The van der Waals surface area contributed by atoms with Crippen molar-refractivity contribution in [1.82, 2.24) is 0 Å². The van der Waals surface area contributed by atoms with E-state index >= 15 is 0 Å². The Morgan fingerprint density at radius 1 is 0.489 bits per heavy atom. The normalized spacial score (nSPS) is 11.6. The molecule has 0 atom stereocenters. The third kappa shape index (κ3) is 14.4. The van der Waals surface area contributed by atoms with Crippen LogP contribution in [0.4, 0.5) is 11.4 Å². The van der Waals surface area contributed by atoms with Gasteiger partial charge >= 0.3 is 16.5 Å². The summed E-state index contributed by atoms with van der Waals surface area (Å²) in [7, 11) is 0. The van der Waals surface area contributed by atoms with Gasteiger partial charge in [-0.1, -0.05) is 123 Å². The fourth-order valence-electron chi connectivity index (χ4n) is 5.81. The Labute approximate surface area is 297 Å². The zero-order valence-electron chi connectivity index (χ0n) is 30.3. The summed E-state index contributed by atoms with van der Waals surface area (Å²) in [4.78, 5) is 10.6. The first kappa shape index (κ1) is 42.1. The van der Waals surface area contributed by atoms with E-state index in [0.29, 0.717) is 12.0 Å². The first-order chi connectivity index (χ1) is 22.3. The van der Waals surface area contributed by atoms with E-state index in [4.69, 9.17) is 9.98 Å². The van der Waals surface area contributed by atoms with Crippen LogP contribution in [0.25, 0.3) is 0 Å². The number of aryl methyl sites for hydroxylation is 5. The third-order valence-corrected chi connectivity index (χ3v) is 8.74. The van der Waals surface area contributed by atoms with Crippen LogP contribution in [0.3, 0.4) is 0 Å². The summed E-state index contributed by atoms with van der Waals surface area (Å²) in [5.41, 5.74) is 10.9. The number of nitrogens with zero attached hydrogens (tertiary/aromatic N) is 2. The van der Waals surface area contributed by atoms with Crippen LogP contribution in [0, 0.1) is 0 Å². The van der Waals surface area contributed by atoms with Gasteiger partial charge in [0, 0.05) is 0 Å². The monoisotopic (exact) mass is 682 g/mol. The predicted molar refractivity (Wildman–Crippen MR) is 197 cm³/mol. The van der Waals surface area contributed by atoms with Gasteiger partial charge in [-0.25, -0.2) is 0 Å². The molecule has 0 bridgehead atoms. The molecule has 0 amide bonds. The second-order valence-corrected chi connectivity index (χ2v) is 12.2. The summed E-state index contributed by atoms with van der Waals surface area (Å²) in [6.07, 6.45) is 17.0. The quantitative estimate of drug-likeness (QED) is 0.0761. The van der Waals surface area contributed by atoms with E-state index in [-0.39, 0.29) is 22.2 Å². The predicted octanol–water partition coefficient (Wildman–Crippen LogP) is 11.1. The van der Waals surface area contributed by atoms with Crippen molar-refractivity contribution in [1.29, 1.82) is 0 Å². The van der Waals surface area contributed by atoms with Crippen molar-refractivity contribution < 1.29 is 26.7 Å². The number of unbranched alkanes of at least 4 members (excludes halogenated alkanes) is 6. The van der Waals surface area contributed by atoms with Gasteiger partial charge in [-0.15, -0.1) is 11.5 Å². The Balaban J connectivity index is 0.000000854. The molecule has 0 heterocycles. The maximum absolute atomic E-state index is 10.9. The summed E-state index contributed by atoms with van der Waals surface area (Å²) < 4.78 is 0. The second-order valence-electron chi connectivity index (χ2n) is 12.2. The van der Waals surface area contributed by atoms with E-state index in [0.717, 1.165) is 56.3 Å². The van der Waals surface area contributed by atoms with Crippen LogP contribution in [-0.2, 0) is 48.6 Å². The smallest absolute Gasteiger partial charge is 0.873 e. The number of hydrogen-bond donors (Lipinski definition) is 0. The Hall–Kier alpha value is -2.91. The molecular formula is C42H60N2NiO2. The maximum atomic E-state index is 10.9. The van der Waals surface area contributed by atoms with Crippen molar-refractivity contribution in [2.24, 2.45) is 9.98 Å². The SMILES string of the molecule is CCCCCCCCC(=Nc1ccc(CC)c(CC)c1)C(CCCC)=Nc1ccc(CC)c(CC)c1.CCc1cccc([O-])c1[O-].[Ni+2]. The van der Waals surface area contributed by atoms with Crippen molar-refractivity contribution in [3.63, 3.8) is 0 Å². The van der Waals surface area contributed by atoms with Crippen LogP contribution in [0.5, 0.6) is 11.5 Å². The average molecular weight is 684 g/mol. The molecule has 0 fully saturated rings. The van der Waals surface area contributed by atoms with Crippen molar-refractivity contribution >= 4 is 22.8 Å². The van der Waals surface area contributed by atoms with Gasteiger partial charge in [0.2, 0.25) is 0 Å². The third-order valence-electron chi connectivity index (χ3n) is 8.74. The molecule has 0 unspecified atom stereocenters. The summed E-state index contributed by atoms with van der Waals surface area (Å²) in [6, 6.07) is 18.2. The van der Waals surface area contributed by atoms with Crippen LogP contribution in [-0.4, -0.2) is 11.4 Å². The Morgan fingerprint density at radius 2 is 0.936 bits per heavy atom. The Bertz CT molecular complexity index is 1380. The van der Waals surface area contributed by atoms with Crippen molar-refractivity contribution in [2.75, 3.05) is 0 Å². The fourth-order valence-corrected chi connectivity index (χ4v) is 5.81. The van der Waals surface area contributed by atoms with Gasteiger partial charge in [-0.3, -0.25) is 9.98 Å². The molecule has 0 saturated carbocycles. The Morgan fingerprint density at radius 3 is 1.38 bits per heavy atom. The minimum absolute atomic E-state index is 0. The minimum Gasteiger partial charge on any atom is -0.873 e. The molecular weight excluding hydrogens is 623 g/mol. The van der Waals surface area contributed by atoms with Crippen molar-refractivity contribution in [3.05, 3.63) is 82.4 Å². The summed E-state index contributed by atoms with van der Waals surface area (Å²) in [5.74, 6) is -0.760. The van der Waals surface area contributed by atoms with E-state index in [1.165, 1.54) is 84.7 Å². The largest absolute Gasteiger partial charge is 2.00 e. The molecule has 3 aromatic rings. The zero-order valence-corrected chi connectivity index (χ0v) is 31.3. The fraction of sp³-hybridized carbons (Fsp3) is 0.524. The van der Waals surface area contributed by atoms with E-state index in [1.54, 1.807) is 12.1 Å². The molecule has 5 heteroatoms. The molecule has 0 aromatic heterocycles. The second kappa shape index (κ2) is 24.3. The molecule has 3 rings (SSSR count). The average Bonchev–Trinajstić information content (AvgIpc) is 3.08. The van der Waals surface area contributed by atoms with E-state index in [1.807, 2.05) is 6.92 Å². The minimum atomic E-state index is -0.403. The van der Waals surface area contributed by atoms with Gasteiger partial charge in [-0.2, -0.15) is 0 Å². The maximum Gasteiger partial charge on any atom is 2.00 e. The summed E-state index contributed by atoms with van der Waals surface area (Å²) >= 11 is 0. The van der Waals surface area contributed by atoms with Gasteiger partial charge in [0.25, 0.3) is 0 Å². The first-order valence-corrected chi connectivity index (χ1v) is 18.2. The van der Waals surface area contributed by atoms with Gasteiger partial charge < -0.3 is 10.2 Å². The standard InChI is InChI=1S/C34H52N2.C8H10O2.Ni/c1-7-13-15-16-17-18-20-34(36-32-24-22-28(10-4)30(12-6)26-32)33(19-14-8-2)35-31-23-21-27(9-3)29(11-5)25-31;1-2-6-4-3-5-7(9)8(6)10;/h21-26H,7-20H2,1-6H3;3-5,9-10H,2H2,1H3;/q;;+2/p-2. The molecule has 0 N–H and O–H groups in total. The number of para-hydroxylation sites is 1. The van der Waals surface area contributed by atoms with Gasteiger partial charge in [0.15, 0.2) is 0 Å². The molecule has 0 aliphatic heterocycles. The number of rotatable bonds is 18. The van der Waals surface area contributed by atoms with Gasteiger partial charge in [0.05, 0.1) is 22.8 Å². The molecule has 0 spiro atoms. The van der Waals surface area contributed by atoms with E-state index in [2.05, 4.69) is 77.9 Å². The van der Waals surface area contributed by atoms with Crippen LogP contribution in [0.15, 0.2) is 64.6 Å². The van der Waals surface area contributed by atoms with Crippen LogP contribution in [0.1, 0.15) is 140 Å². The van der Waals surface area contributed by atoms with Crippen LogP contribution in [0.2, 0.25) is 0 Å². The van der Waals surface area contributed by atoms with Crippen LogP contribution >= 0.6 is 0 Å². The van der Waals surface area contributed by atoms with Gasteiger partial charge in [-0.05, 0) is 104 Å². The molecule has 3 aromatic carbocycles. The topological polar surface area (TPSA) is 70.8 Å². The van der Waals surface area contributed by atoms with E-state index < -0.39 is 5.75 Å². The zero-order chi connectivity index (χ0) is 33.7. The summed E-state index contributed by atoms with van der Waals surface area (Å²) in [6.45, 7) is 15.4. The number of aliphatic imine (C=N–C) groups is 2. The summed E-state index contributed by atoms with van der Waals surface area (Å²) in [5, 5.41) is 21.6.